The van der Waals surface area contributed by atoms with Gasteiger partial charge >= 0.3 is 5.97 Å². The summed E-state index contributed by atoms with van der Waals surface area (Å²) in [6.45, 7) is 5.16. The van der Waals surface area contributed by atoms with Crippen LogP contribution < -0.4 is 18.9 Å². The minimum Gasteiger partial charge on any atom is -0.493 e. The molecule has 2 rings (SSSR count). The highest BCUT2D eigenvalue weighted by atomic mass is 16.6. The zero-order chi connectivity index (χ0) is 21.4. The average Bonchev–Trinajstić information content (AvgIpc) is 2.72. The van der Waals surface area contributed by atoms with Gasteiger partial charge in [-0.05, 0) is 43.7 Å². The van der Waals surface area contributed by atoms with E-state index in [9.17, 15) is 4.79 Å². The summed E-state index contributed by atoms with van der Waals surface area (Å²) in [6.07, 6.45) is 2.79. The van der Waals surface area contributed by atoms with Crippen molar-refractivity contribution in [2.75, 3.05) is 21.3 Å². The Labute approximate surface area is 172 Å². The summed E-state index contributed by atoms with van der Waals surface area (Å²) in [4.78, 5) is 11.7. The van der Waals surface area contributed by atoms with Crippen LogP contribution in [0.25, 0.3) is 6.08 Å². The molecule has 0 amide bonds. The second-order valence-electron chi connectivity index (χ2n) is 6.38. The summed E-state index contributed by atoms with van der Waals surface area (Å²) in [6, 6.07) is 11.0. The Balaban J connectivity index is 2.35. The molecule has 0 saturated carbocycles. The van der Waals surface area contributed by atoms with Crippen LogP contribution in [0.3, 0.4) is 0 Å². The van der Waals surface area contributed by atoms with Gasteiger partial charge in [0.2, 0.25) is 0 Å². The zero-order valence-corrected chi connectivity index (χ0v) is 17.7. The zero-order valence-electron chi connectivity index (χ0n) is 17.7. The van der Waals surface area contributed by atoms with Crippen LogP contribution in [0.4, 0.5) is 0 Å². The molecule has 2 aromatic carbocycles. The van der Waals surface area contributed by atoms with Gasteiger partial charge in [-0.15, -0.1) is 0 Å². The Morgan fingerprint density at radius 1 is 0.897 bits per heavy atom. The maximum absolute atomic E-state index is 11.7. The molecule has 0 saturated heterocycles. The van der Waals surface area contributed by atoms with Crippen LogP contribution >= 0.6 is 0 Å². The number of esters is 1. The highest BCUT2D eigenvalue weighted by Crippen LogP contribution is 2.35. The largest absolute Gasteiger partial charge is 0.493 e. The first kappa shape index (κ1) is 22.1. The number of benzene rings is 2. The van der Waals surface area contributed by atoms with Gasteiger partial charge < -0.3 is 23.7 Å². The van der Waals surface area contributed by atoms with Crippen molar-refractivity contribution in [3.8, 4) is 23.0 Å². The van der Waals surface area contributed by atoms with Crippen molar-refractivity contribution < 1.29 is 28.5 Å². The molecule has 0 radical (unpaired) electrons. The topological polar surface area (TPSA) is 63.2 Å². The summed E-state index contributed by atoms with van der Waals surface area (Å²) in [7, 11) is 4.71. The van der Waals surface area contributed by atoms with E-state index in [1.807, 2.05) is 50.3 Å². The molecule has 0 bridgehead atoms. The van der Waals surface area contributed by atoms with Gasteiger partial charge in [0.15, 0.2) is 29.1 Å². The number of methoxy groups -OCH3 is 3. The predicted octanol–water partition coefficient (Wildman–Crippen LogP) is 4.82. The smallest absolute Gasteiger partial charge is 0.303 e. The first-order chi connectivity index (χ1) is 13.9. The molecule has 0 fully saturated rings. The van der Waals surface area contributed by atoms with Crippen LogP contribution in [0, 0.1) is 0 Å². The third-order valence-electron chi connectivity index (χ3n) is 4.32. The van der Waals surface area contributed by atoms with E-state index in [4.69, 9.17) is 23.7 Å². The SMILES string of the molecule is C/C=C/c1ccc(O[C@@H](C)[C@@H](OC(C)=O)c2ccc(OC)c(OC)c2)c(OC)c1. The Kier molecular flexibility index (Phi) is 7.95. The van der Waals surface area contributed by atoms with Crippen molar-refractivity contribution >= 4 is 12.0 Å². The molecule has 0 aromatic heterocycles. The van der Waals surface area contributed by atoms with Crippen LogP contribution in [0.5, 0.6) is 23.0 Å². The normalized spacial score (nSPS) is 12.9. The Bertz CT molecular complexity index is 858. The second-order valence-corrected chi connectivity index (χ2v) is 6.38. The van der Waals surface area contributed by atoms with Gasteiger partial charge in [0.05, 0.1) is 21.3 Å². The monoisotopic (exact) mass is 400 g/mol. The Morgan fingerprint density at radius 3 is 2.10 bits per heavy atom. The van der Waals surface area contributed by atoms with E-state index in [-0.39, 0.29) is 0 Å². The standard InChI is InChI=1S/C23H28O6/c1-7-8-17-9-11-20(21(13-17)26-5)28-15(2)23(29-16(3)24)18-10-12-19(25-4)22(14-18)27-6/h7-15,23H,1-6H3/b8-7+/t15-,23+/m0/s1. The fourth-order valence-electron chi connectivity index (χ4n) is 2.98. The molecule has 0 aliphatic rings. The van der Waals surface area contributed by atoms with Crippen LogP contribution in [-0.2, 0) is 9.53 Å². The van der Waals surface area contributed by atoms with E-state index in [0.29, 0.717) is 23.0 Å². The lowest BCUT2D eigenvalue weighted by Crippen LogP contribution is -2.26. The molecule has 0 aliphatic heterocycles. The Hall–Kier alpha value is -3.15. The molecular weight excluding hydrogens is 372 g/mol. The maximum atomic E-state index is 11.7. The number of allylic oxidation sites excluding steroid dienone is 1. The van der Waals surface area contributed by atoms with E-state index < -0.39 is 18.2 Å². The van der Waals surface area contributed by atoms with Crippen molar-refractivity contribution in [2.45, 2.75) is 33.0 Å². The van der Waals surface area contributed by atoms with Gasteiger partial charge in [0.25, 0.3) is 0 Å². The van der Waals surface area contributed by atoms with Gasteiger partial charge in [-0.3, -0.25) is 4.79 Å². The average molecular weight is 400 g/mol. The van der Waals surface area contributed by atoms with E-state index in [2.05, 4.69) is 0 Å². The molecule has 0 unspecified atom stereocenters. The van der Waals surface area contributed by atoms with Crippen molar-refractivity contribution in [3.05, 3.63) is 53.6 Å². The van der Waals surface area contributed by atoms with Crippen LogP contribution in [0.2, 0.25) is 0 Å². The van der Waals surface area contributed by atoms with Crippen molar-refractivity contribution in [3.63, 3.8) is 0 Å². The number of carbonyl (C=O) groups excluding carboxylic acids is 1. The summed E-state index contributed by atoms with van der Waals surface area (Å²) < 4.78 is 27.8. The third-order valence-corrected chi connectivity index (χ3v) is 4.32. The quantitative estimate of drug-likeness (QED) is 0.563. The summed E-state index contributed by atoms with van der Waals surface area (Å²) in [5, 5.41) is 0. The summed E-state index contributed by atoms with van der Waals surface area (Å²) in [5.74, 6) is 1.89. The van der Waals surface area contributed by atoms with Crippen LogP contribution in [0.1, 0.15) is 38.0 Å². The van der Waals surface area contributed by atoms with Crippen molar-refractivity contribution in [1.82, 2.24) is 0 Å². The number of rotatable bonds is 9. The van der Waals surface area contributed by atoms with E-state index >= 15 is 0 Å². The first-order valence-corrected chi connectivity index (χ1v) is 9.30. The molecule has 2 aromatic rings. The fourth-order valence-corrected chi connectivity index (χ4v) is 2.98. The summed E-state index contributed by atoms with van der Waals surface area (Å²) >= 11 is 0. The molecular formula is C23H28O6. The van der Waals surface area contributed by atoms with Gasteiger partial charge in [-0.1, -0.05) is 24.3 Å². The maximum Gasteiger partial charge on any atom is 0.303 e. The van der Waals surface area contributed by atoms with Crippen molar-refractivity contribution in [2.24, 2.45) is 0 Å². The number of carbonyl (C=O) groups is 1. The Morgan fingerprint density at radius 2 is 1.52 bits per heavy atom. The fraction of sp³-hybridized carbons (Fsp3) is 0.348. The van der Waals surface area contributed by atoms with Crippen molar-refractivity contribution in [1.29, 1.82) is 0 Å². The lowest BCUT2D eigenvalue weighted by atomic mass is 10.0. The lowest BCUT2D eigenvalue weighted by molar-refractivity contribution is -0.151. The number of hydrogen-bond acceptors (Lipinski definition) is 6. The van der Waals surface area contributed by atoms with E-state index in [1.54, 1.807) is 33.5 Å². The van der Waals surface area contributed by atoms with E-state index in [1.165, 1.54) is 6.92 Å². The highest BCUT2D eigenvalue weighted by Gasteiger charge is 2.26. The molecule has 156 valence electrons. The van der Waals surface area contributed by atoms with E-state index in [0.717, 1.165) is 11.1 Å². The minimum absolute atomic E-state index is 0.407. The second kappa shape index (κ2) is 10.4. The highest BCUT2D eigenvalue weighted by molar-refractivity contribution is 5.66. The molecule has 0 N–H and O–H groups in total. The van der Waals surface area contributed by atoms with Gasteiger partial charge in [0, 0.05) is 12.5 Å². The molecule has 0 spiro atoms. The van der Waals surface area contributed by atoms with Crippen LogP contribution in [0.15, 0.2) is 42.5 Å². The van der Waals surface area contributed by atoms with Gasteiger partial charge in [-0.25, -0.2) is 0 Å². The van der Waals surface area contributed by atoms with Gasteiger partial charge in [-0.2, -0.15) is 0 Å². The first-order valence-electron chi connectivity index (χ1n) is 9.30. The number of ether oxygens (including phenoxy) is 5. The third kappa shape index (κ3) is 5.67. The molecule has 0 aliphatic carbocycles. The molecule has 29 heavy (non-hydrogen) atoms. The molecule has 0 heterocycles. The number of hydrogen-bond donors (Lipinski definition) is 0. The summed E-state index contributed by atoms with van der Waals surface area (Å²) in [5.41, 5.74) is 1.73. The minimum atomic E-state index is -0.646. The molecule has 6 nitrogen and oxygen atoms in total. The molecule has 6 heteroatoms. The predicted molar refractivity (Wildman–Crippen MR) is 112 cm³/mol. The lowest BCUT2D eigenvalue weighted by Gasteiger charge is -2.26. The van der Waals surface area contributed by atoms with Crippen LogP contribution in [-0.4, -0.2) is 33.4 Å². The van der Waals surface area contributed by atoms with Gasteiger partial charge in [0.1, 0.15) is 6.10 Å². The molecule has 2 atom stereocenters.